The van der Waals surface area contributed by atoms with E-state index in [1.54, 1.807) is 0 Å². The van der Waals surface area contributed by atoms with Crippen LogP contribution in [0.25, 0.3) is 77.2 Å². The lowest BCUT2D eigenvalue weighted by molar-refractivity contribution is 0.609. The molecule has 1 heteroatoms. The van der Waals surface area contributed by atoms with Crippen molar-refractivity contribution < 1.29 is 0 Å². The minimum atomic E-state index is 0.291. The van der Waals surface area contributed by atoms with Crippen LogP contribution >= 0.6 is 0 Å². The molecule has 0 fully saturated rings. The third kappa shape index (κ3) is 3.56. The van der Waals surface area contributed by atoms with Crippen molar-refractivity contribution in [1.29, 1.82) is 0 Å². The molecule has 9 rings (SSSR count). The van der Waals surface area contributed by atoms with E-state index in [1.165, 1.54) is 88.3 Å². The van der Waals surface area contributed by atoms with Gasteiger partial charge in [-0.15, -0.1) is 0 Å². The smallest absolute Gasteiger partial charge is 0.0537 e. The van der Waals surface area contributed by atoms with Gasteiger partial charge >= 0.3 is 0 Å². The molecule has 0 aromatic heterocycles. The van der Waals surface area contributed by atoms with E-state index in [0.717, 1.165) is 0 Å². The Morgan fingerprint density at radius 1 is 0.477 bits per heavy atom. The molecule has 0 radical (unpaired) electrons. The Balaban J connectivity index is 1.44. The van der Waals surface area contributed by atoms with Crippen LogP contribution in [0.1, 0.15) is 30.9 Å². The second-order valence-electron chi connectivity index (χ2n) is 12.3. The third-order valence-corrected chi connectivity index (χ3v) is 9.96. The molecule has 0 bridgehead atoms. The number of fused-ring (bicyclic) bond motifs is 5. The van der Waals surface area contributed by atoms with Gasteiger partial charge in [-0.3, -0.25) is 4.99 Å². The van der Waals surface area contributed by atoms with Crippen molar-refractivity contribution in [3.05, 3.63) is 145 Å². The first-order valence-electron chi connectivity index (χ1n) is 15.6. The highest BCUT2D eigenvalue weighted by Gasteiger charge is 2.31. The van der Waals surface area contributed by atoms with Crippen LogP contribution in [0.2, 0.25) is 0 Å². The van der Waals surface area contributed by atoms with Gasteiger partial charge < -0.3 is 0 Å². The van der Waals surface area contributed by atoms with Gasteiger partial charge in [-0.05, 0) is 102 Å². The number of rotatable bonds is 3. The standard InChI is InChI=1S/C43H31N/c1-26-27(2)44-25-38-32(26)20-12-21-33(38)31-23-30-17-11-22-36-39(30)37(24-31)43-41(29-15-7-4-8-16-29)35-19-10-9-18-34(35)40(42(36)43)28-13-5-3-6-14-28/h3-27H,1-2H3. The Labute approximate surface area is 258 Å². The van der Waals surface area contributed by atoms with Crippen molar-refractivity contribution >= 4 is 27.8 Å². The van der Waals surface area contributed by atoms with Crippen molar-refractivity contribution in [2.45, 2.75) is 25.8 Å². The molecule has 1 aliphatic carbocycles. The van der Waals surface area contributed by atoms with Crippen molar-refractivity contribution in [3.63, 3.8) is 0 Å². The van der Waals surface area contributed by atoms with E-state index in [1.807, 2.05) is 0 Å². The molecule has 0 spiro atoms. The Morgan fingerprint density at radius 2 is 1.07 bits per heavy atom. The van der Waals surface area contributed by atoms with E-state index in [0.29, 0.717) is 12.0 Å². The SMILES string of the molecule is CC1N=Cc2c(-c3cc4c5c(cccc5c3)-c3c-4c(-c4ccccc4)c4ccccc4c3-c3ccccc3)cccc2C1C. The minimum absolute atomic E-state index is 0.291. The molecule has 0 N–H and O–H groups in total. The Morgan fingerprint density at radius 3 is 1.75 bits per heavy atom. The van der Waals surface area contributed by atoms with Crippen LogP contribution in [0.4, 0.5) is 0 Å². The van der Waals surface area contributed by atoms with E-state index < -0.39 is 0 Å². The summed E-state index contributed by atoms with van der Waals surface area (Å²) in [5.41, 5.74) is 15.6. The summed E-state index contributed by atoms with van der Waals surface area (Å²) < 4.78 is 0. The van der Waals surface area contributed by atoms with Crippen LogP contribution in [0.3, 0.4) is 0 Å². The highest BCUT2D eigenvalue weighted by Crippen LogP contribution is 2.58. The summed E-state index contributed by atoms with van der Waals surface area (Å²) >= 11 is 0. The van der Waals surface area contributed by atoms with Gasteiger partial charge in [-0.25, -0.2) is 0 Å². The Bertz CT molecular complexity index is 2290. The summed E-state index contributed by atoms with van der Waals surface area (Å²) in [4.78, 5) is 4.90. The second-order valence-corrected chi connectivity index (χ2v) is 12.3. The molecular weight excluding hydrogens is 530 g/mol. The topological polar surface area (TPSA) is 12.4 Å². The van der Waals surface area contributed by atoms with E-state index in [9.17, 15) is 0 Å². The zero-order valence-corrected chi connectivity index (χ0v) is 24.9. The van der Waals surface area contributed by atoms with E-state index in [-0.39, 0.29) is 0 Å². The highest BCUT2D eigenvalue weighted by atomic mass is 14.8. The fourth-order valence-electron chi connectivity index (χ4n) is 7.73. The summed E-state index contributed by atoms with van der Waals surface area (Å²) in [6.07, 6.45) is 2.11. The molecular formula is C43H31N. The van der Waals surface area contributed by atoms with Crippen molar-refractivity contribution in [3.8, 4) is 55.6 Å². The minimum Gasteiger partial charge on any atom is -0.289 e. The molecule has 1 heterocycles. The summed E-state index contributed by atoms with van der Waals surface area (Å²) in [6, 6.07) is 49.6. The first-order valence-corrected chi connectivity index (χ1v) is 15.6. The van der Waals surface area contributed by atoms with Crippen LogP contribution in [-0.4, -0.2) is 12.3 Å². The highest BCUT2D eigenvalue weighted by molar-refractivity contribution is 6.28. The summed E-state index contributed by atoms with van der Waals surface area (Å²) in [6.45, 7) is 4.51. The molecule has 2 atom stereocenters. The van der Waals surface area contributed by atoms with Gasteiger partial charge in [0.1, 0.15) is 0 Å². The average Bonchev–Trinajstić information content (AvgIpc) is 3.40. The molecule has 7 aromatic carbocycles. The van der Waals surface area contributed by atoms with Crippen molar-refractivity contribution in [1.82, 2.24) is 0 Å². The average molecular weight is 562 g/mol. The van der Waals surface area contributed by atoms with E-state index in [2.05, 4.69) is 154 Å². The monoisotopic (exact) mass is 561 g/mol. The lowest BCUT2D eigenvalue weighted by Crippen LogP contribution is -2.17. The molecule has 0 saturated heterocycles. The van der Waals surface area contributed by atoms with Crippen LogP contribution in [0.5, 0.6) is 0 Å². The molecule has 1 nitrogen and oxygen atoms in total. The number of nitrogens with zero attached hydrogens (tertiary/aromatic N) is 1. The van der Waals surface area contributed by atoms with Gasteiger partial charge in [-0.1, -0.05) is 128 Å². The zero-order chi connectivity index (χ0) is 29.4. The van der Waals surface area contributed by atoms with Crippen molar-refractivity contribution in [2.75, 3.05) is 0 Å². The maximum atomic E-state index is 4.90. The van der Waals surface area contributed by atoms with Gasteiger partial charge in [0.2, 0.25) is 0 Å². The third-order valence-electron chi connectivity index (χ3n) is 9.96. The van der Waals surface area contributed by atoms with Crippen LogP contribution in [0.15, 0.2) is 138 Å². The summed E-state index contributed by atoms with van der Waals surface area (Å²) in [7, 11) is 0. The van der Waals surface area contributed by atoms with Gasteiger partial charge in [0, 0.05) is 17.7 Å². The molecule has 1 aliphatic heterocycles. The predicted molar refractivity (Wildman–Crippen MR) is 188 cm³/mol. The van der Waals surface area contributed by atoms with E-state index in [4.69, 9.17) is 4.99 Å². The predicted octanol–water partition coefficient (Wildman–Crippen LogP) is 11.6. The Hall–Kier alpha value is -5.27. The maximum absolute atomic E-state index is 4.90. The molecule has 208 valence electrons. The molecule has 0 amide bonds. The number of aliphatic imine (C=N–C) groups is 1. The fourth-order valence-corrected chi connectivity index (χ4v) is 7.73. The lowest BCUT2D eigenvalue weighted by Gasteiger charge is -2.25. The van der Waals surface area contributed by atoms with Gasteiger partial charge in [0.05, 0.1) is 6.04 Å². The number of hydrogen-bond donors (Lipinski definition) is 0. The van der Waals surface area contributed by atoms with Crippen LogP contribution in [0, 0.1) is 0 Å². The van der Waals surface area contributed by atoms with Crippen LogP contribution < -0.4 is 0 Å². The quantitative estimate of drug-likeness (QED) is 0.203. The lowest BCUT2D eigenvalue weighted by atomic mass is 9.82. The first kappa shape index (κ1) is 25.2. The van der Waals surface area contributed by atoms with Gasteiger partial charge in [0.15, 0.2) is 0 Å². The molecule has 44 heavy (non-hydrogen) atoms. The molecule has 0 saturated carbocycles. The normalized spacial score (nSPS) is 16.3. The van der Waals surface area contributed by atoms with Gasteiger partial charge in [0.25, 0.3) is 0 Å². The maximum Gasteiger partial charge on any atom is 0.0537 e. The molecule has 7 aromatic rings. The van der Waals surface area contributed by atoms with E-state index >= 15 is 0 Å². The first-order chi connectivity index (χ1) is 21.7. The van der Waals surface area contributed by atoms with Crippen LogP contribution in [-0.2, 0) is 0 Å². The van der Waals surface area contributed by atoms with Crippen molar-refractivity contribution in [2.24, 2.45) is 4.99 Å². The number of hydrogen-bond acceptors (Lipinski definition) is 1. The number of benzene rings is 7. The largest absolute Gasteiger partial charge is 0.289 e. The Kier molecular flexibility index (Phi) is 5.52. The second kappa shape index (κ2) is 9.62. The molecule has 2 unspecified atom stereocenters. The van der Waals surface area contributed by atoms with Gasteiger partial charge in [-0.2, -0.15) is 0 Å². The zero-order valence-electron chi connectivity index (χ0n) is 24.9. The fraction of sp³-hybridized carbons (Fsp3) is 0.0930. The molecule has 2 aliphatic rings. The summed E-state index contributed by atoms with van der Waals surface area (Å²) in [5, 5.41) is 5.20. The summed E-state index contributed by atoms with van der Waals surface area (Å²) in [5.74, 6) is 0.391.